The summed E-state index contributed by atoms with van der Waals surface area (Å²) in [5.74, 6) is 0.442. The van der Waals surface area contributed by atoms with Crippen LogP contribution in [0.1, 0.15) is 12.8 Å². The van der Waals surface area contributed by atoms with E-state index in [9.17, 15) is 13.5 Å². The third-order valence-electron chi connectivity index (χ3n) is 3.20. The molecule has 1 aliphatic rings. The number of sulfonamides is 1. The molecule has 1 saturated heterocycles. The third kappa shape index (κ3) is 2.83. The number of aliphatic hydroxyl groups excluding tert-OH is 1. The van der Waals surface area contributed by atoms with Gasteiger partial charge in [0.1, 0.15) is 5.75 Å². The second-order valence-electron chi connectivity index (χ2n) is 4.56. The first-order valence-electron chi connectivity index (χ1n) is 6.07. The van der Waals surface area contributed by atoms with Crippen molar-refractivity contribution in [3.05, 3.63) is 18.2 Å². The number of hydrogen-bond acceptors (Lipinski definition) is 5. The predicted octanol–water partition coefficient (Wildman–Crippen LogP) is 0.423. The molecule has 0 aromatic heterocycles. The monoisotopic (exact) mass is 286 g/mol. The van der Waals surface area contributed by atoms with Gasteiger partial charge in [0.05, 0.1) is 23.8 Å². The van der Waals surface area contributed by atoms with Gasteiger partial charge in [-0.1, -0.05) is 0 Å². The molecule has 3 N–H and O–H groups in total. The van der Waals surface area contributed by atoms with Gasteiger partial charge in [-0.25, -0.2) is 8.42 Å². The number of β-amino-alcohol motifs (C(OH)–C–C–N with tert-alkyl or cyclic N) is 1. The lowest BCUT2D eigenvalue weighted by Gasteiger charge is -2.29. The lowest BCUT2D eigenvalue weighted by atomic mass is 10.1. The van der Waals surface area contributed by atoms with Gasteiger partial charge in [-0.3, -0.25) is 0 Å². The van der Waals surface area contributed by atoms with Crippen molar-refractivity contribution in [1.82, 2.24) is 4.31 Å². The van der Waals surface area contributed by atoms with E-state index in [1.807, 2.05) is 0 Å². The predicted molar refractivity (Wildman–Crippen MR) is 71.4 cm³/mol. The summed E-state index contributed by atoms with van der Waals surface area (Å²) in [4.78, 5) is 0.125. The van der Waals surface area contributed by atoms with Crippen molar-refractivity contribution in [1.29, 1.82) is 0 Å². The van der Waals surface area contributed by atoms with Crippen molar-refractivity contribution in [2.45, 2.75) is 23.8 Å². The minimum Gasteiger partial charge on any atom is -0.495 e. The molecule has 1 aromatic carbocycles. The molecule has 19 heavy (non-hydrogen) atoms. The first-order valence-corrected chi connectivity index (χ1v) is 7.51. The van der Waals surface area contributed by atoms with E-state index in [1.54, 1.807) is 0 Å². The normalized spacial score (nSPS) is 21.3. The fourth-order valence-corrected chi connectivity index (χ4v) is 3.71. The van der Waals surface area contributed by atoms with Crippen LogP contribution in [0.2, 0.25) is 0 Å². The zero-order chi connectivity index (χ0) is 14.0. The summed E-state index contributed by atoms with van der Waals surface area (Å²) in [5.41, 5.74) is 6.01. The molecule has 0 bridgehead atoms. The Kier molecular flexibility index (Phi) is 3.98. The van der Waals surface area contributed by atoms with Gasteiger partial charge in [-0.15, -0.1) is 0 Å². The van der Waals surface area contributed by atoms with Crippen LogP contribution in [-0.2, 0) is 10.0 Å². The minimum atomic E-state index is -3.60. The second kappa shape index (κ2) is 5.36. The Morgan fingerprint density at radius 2 is 2.21 bits per heavy atom. The van der Waals surface area contributed by atoms with E-state index in [0.717, 1.165) is 0 Å². The molecule has 1 atom stereocenters. The molecule has 0 radical (unpaired) electrons. The number of aliphatic hydroxyl groups is 1. The first-order chi connectivity index (χ1) is 8.95. The lowest BCUT2D eigenvalue weighted by molar-refractivity contribution is 0.108. The van der Waals surface area contributed by atoms with Crippen LogP contribution in [0.15, 0.2) is 23.1 Å². The van der Waals surface area contributed by atoms with Gasteiger partial charge in [0.15, 0.2) is 0 Å². The number of methoxy groups -OCH3 is 1. The number of nitrogen functional groups attached to an aromatic ring is 1. The zero-order valence-corrected chi connectivity index (χ0v) is 11.6. The molecule has 0 saturated carbocycles. The van der Waals surface area contributed by atoms with Crippen LogP contribution in [0.3, 0.4) is 0 Å². The highest BCUT2D eigenvalue weighted by atomic mass is 32.2. The Hall–Kier alpha value is -1.31. The summed E-state index contributed by atoms with van der Waals surface area (Å²) in [5, 5.41) is 9.58. The first kappa shape index (κ1) is 14.1. The van der Waals surface area contributed by atoms with Gasteiger partial charge in [0.25, 0.3) is 0 Å². The summed E-state index contributed by atoms with van der Waals surface area (Å²) in [6.07, 6.45) is 0.696. The summed E-state index contributed by atoms with van der Waals surface area (Å²) in [7, 11) is -2.13. The van der Waals surface area contributed by atoms with Crippen molar-refractivity contribution >= 4 is 15.7 Å². The standard InChI is InChI=1S/C12H18N2O4S/c1-18-12-5-4-10(7-11(12)13)19(16,17)14-6-2-3-9(15)8-14/h4-5,7,9,15H,2-3,6,8,13H2,1H3. The third-order valence-corrected chi connectivity index (χ3v) is 5.06. The molecular formula is C12H18N2O4S. The Balaban J connectivity index is 2.31. The van der Waals surface area contributed by atoms with E-state index in [4.69, 9.17) is 10.5 Å². The Morgan fingerprint density at radius 3 is 2.79 bits per heavy atom. The molecule has 1 aromatic rings. The Bertz CT molecular complexity index is 559. The highest BCUT2D eigenvalue weighted by molar-refractivity contribution is 7.89. The summed E-state index contributed by atoms with van der Waals surface area (Å²) >= 11 is 0. The van der Waals surface area contributed by atoms with Crippen LogP contribution in [0.4, 0.5) is 5.69 Å². The van der Waals surface area contributed by atoms with Gasteiger partial charge in [0.2, 0.25) is 10.0 Å². The zero-order valence-electron chi connectivity index (χ0n) is 10.7. The molecule has 0 amide bonds. The van der Waals surface area contributed by atoms with E-state index < -0.39 is 16.1 Å². The highest BCUT2D eigenvalue weighted by Gasteiger charge is 2.29. The molecule has 7 heteroatoms. The maximum atomic E-state index is 12.4. The molecule has 6 nitrogen and oxygen atoms in total. The second-order valence-corrected chi connectivity index (χ2v) is 6.50. The molecule has 1 heterocycles. The number of nitrogens with two attached hydrogens (primary N) is 1. The van der Waals surface area contributed by atoms with Gasteiger partial charge in [0, 0.05) is 13.1 Å². The molecular weight excluding hydrogens is 268 g/mol. The van der Waals surface area contributed by atoms with Crippen LogP contribution in [0.5, 0.6) is 5.75 Å². The number of piperidine rings is 1. The quantitative estimate of drug-likeness (QED) is 0.786. The molecule has 106 valence electrons. The van der Waals surface area contributed by atoms with Gasteiger partial charge in [-0.05, 0) is 31.0 Å². The van der Waals surface area contributed by atoms with Gasteiger partial charge < -0.3 is 15.6 Å². The van der Waals surface area contributed by atoms with Crippen molar-refractivity contribution in [3.63, 3.8) is 0 Å². The number of hydrogen-bond donors (Lipinski definition) is 2. The van der Waals surface area contributed by atoms with Crippen LogP contribution >= 0.6 is 0 Å². The van der Waals surface area contributed by atoms with Crippen LogP contribution in [0, 0.1) is 0 Å². The highest BCUT2D eigenvalue weighted by Crippen LogP contribution is 2.27. The van der Waals surface area contributed by atoms with E-state index >= 15 is 0 Å². The molecule has 2 rings (SSSR count). The smallest absolute Gasteiger partial charge is 0.243 e. The SMILES string of the molecule is COc1ccc(S(=O)(=O)N2CCCC(O)C2)cc1N. The molecule has 0 aliphatic carbocycles. The van der Waals surface area contributed by atoms with Gasteiger partial charge >= 0.3 is 0 Å². The number of rotatable bonds is 3. The summed E-state index contributed by atoms with van der Waals surface area (Å²) in [6, 6.07) is 4.38. The van der Waals surface area contributed by atoms with E-state index in [0.29, 0.717) is 25.1 Å². The van der Waals surface area contributed by atoms with Crippen molar-refractivity contribution < 1.29 is 18.3 Å². The largest absolute Gasteiger partial charge is 0.495 e. The lowest BCUT2D eigenvalue weighted by Crippen LogP contribution is -2.42. The molecule has 1 aliphatic heterocycles. The van der Waals surface area contributed by atoms with Crippen LogP contribution < -0.4 is 10.5 Å². The number of benzene rings is 1. The Morgan fingerprint density at radius 1 is 1.47 bits per heavy atom. The molecule has 0 spiro atoms. The van der Waals surface area contributed by atoms with E-state index in [1.165, 1.54) is 29.6 Å². The maximum Gasteiger partial charge on any atom is 0.243 e. The van der Waals surface area contributed by atoms with Crippen molar-refractivity contribution in [2.75, 3.05) is 25.9 Å². The van der Waals surface area contributed by atoms with Crippen LogP contribution in [0.25, 0.3) is 0 Å². The average molecular weight is 286 g/mol. The van der Waals surface area contributed by atoms with Crippen LogP contribution in [-0.4, -0.2) is 44.1 Å². The summed E-state index contributed by atoms with van der Waals surface area (Å²) < 4.78 is 31.1. The Labute approximate surface area is 112 Å². The van der Waals surface area contributed by atoms with Gasteiger partial charge in [-0.2, -0.15) is 4.31 Å². The number of ether oxygens (including phenoxy) is 1. The molecule has 1 fully saturated rings. The maximum absolute atomic E-state index is 12.4. The minimum absolute atomic E-state index is 0.125. The molecule has 1 unspecified atom stereocenters. The fourth-order valence-electron chi connectivity index (χ4n) is 2.16. The average Bonchev–Trinajstić information content (AvgIpc) is 2.38. The van der Waals surface area contributed by atoms with E-state index in [2.05, 4.69) is 0 Å². The topological polar surface area (TPSA) is 92.9 Å². The number of anilines is 1. The number of nitrogens with zero attached hydrogens (tertiary/aromatic N) is 1. The van der Waals surface area contributed by atoms with E-state index in [-0.39, 0.29) is 17.1 Å². The van der Waals surface area contributed by atoms with Crippen molar-refractivity contribution in [3.8, 4) is 5.75 Å². The van der Waals surface area contributed by atoms with Crippen molar-refractivity contribution in [2.24, 2.45) is 0 Å². The summed E-state index contributed by atoms with van der Waals surface area (Å²) in [6.45, 7) is 0.555. The fraction of sp³-hybridized carbons (Fsp3) is 0.500.